The Labute approximate surface area is 112 Å². The Balaban J connectivity index is 2.13. The van der Waals surface area contributed by atoms with Crippen LogP contribution in [0.25, 0.3) is 0 Å². The number of benzene rings is 1. The molecule has 0 aliphatic heterocycles. The second-order valence-corrected chi connectivity index (χ2v) is 4.28. The molecule has 0 saturated heterocycles. The molecule has 0 aliphatic rings. The summed E-state index contributed by atoms with van der Waals surface area (Å²) in [6.07, 6.45) is 1.52. The smallest absolute Gasteiger partial charge is 0.255 e. The topological polar surface area (TPSA) is 59.2 Å². The second kappa shape index (κ2) is 6.00. The molecule has 0 unspecified atom stereocenters. The molecule has 1 aromatic heterocycles. The molecule has 0 bridgehead atoms. The van der Waals surface area contributed by atoms with Crippen LogP contribution in [-0.4, -0.2) is 22.3 Å². The normalized spacial score (nSPS) is 10.2. The monoisotopic (exact) mass is 255 g/mol. The predicted octanol–water partition coefficient (Wildman–Crippen LogP) is 2.33. The lowest BCUT2D eigenvalue weighted by atomic mass is 10.2. The van der Waals surface area contributed by atoms with E-state index in [0.717, 1.165) is 5.56 Å². The Morgan fingerprint density at radius 1 is 1.21 bits per heavy atom. The number of nitrogen functional groups attached to an aromatic ring is 1. The van der Waals surface area contributed by atoms with Crippen LogP contribution in [0.2, 0.25) is 0 Å². The molecule has 4 nitrogen and oxygen atoms in total. The van der Waals surface area contributed by atoms with Crippen LogP contribution >= 0.6 is 0 Å². The van der Waals surface area contributed by atoms with Crippen molar-refractivity contribution in [2.45, 2.75) is 13.5 Å². The Bertz CT molecular complexity index is 537. The molecule has 0 saturated carbocycles. The third-order valence-electron chi connectivity index (χ3n) is 2.92. The first-order valence-electron chi connectivity index (χ1n) is 6.25. The number of pyridine rings is 1. The van der Waals surface area contributed by atoms with E-state index < -0.39 is 0 Å². The van der Waals surface area contributed by atoms with E-state index in [1.54, 1.807) is 17.0 Å². The van der Waals surface area contributed by atoms with Gasteiger partial charge in [0.1, 0.15) is 5.82 Å². The van der Waals surface area contributed by atoms with E-state index in [2.05, 4.69) is 4.98 Å². The van der Waals surface area contributed by atoms with Crippen LogP contribution in [0.5, 0.6) is 0 Å². The van der Waals surface area contributed by atoms with Gasteiger partial charge in [0, 0.05) is 19.3 Å². The third-order valence-corrected chi connectivity index (χ3v) is 2.92. The molecule has 0 atom stereocenters. The van der Waals surface area contributed by atoms with E-state index in [0.29, 0.717) is 24.5 Å². The lowest BCUT2D eigenvalue weighted by Crippen LogP contribution is -2.30. The number of aromatic nitrogens is 1. The molecule has 1 aromatic carbocycles. The summed E-state index contributed by atoms with van der Waals surface area (Å²) >= 11 is 0. The zero-order chi connectivity index (χ0) is 13.7. The molecule has 19 heavy (non-hydrogen) atoms. The lowest BCUT2D eigenvalue weighted by molar-refractivity contribution is 0.0752. The van der Waals surface area contributed by atoms with Crippen molar-refractivity contribution < 1.29 is 4.79 Å². The Hall–Kier alpha value is -2.36. The largest absolute Gasteiger partial charge is 0.384 e. The van der Waals surface area contributed by atoms with Crippen LogP contribution < -0.4 is 5.73 Å². The van der Waals surface area contributed by atoms with Gasteiger partial charge in [-0.2, -0.15) is 0 Å². The van der Waals surface area contributed by atoms with E-state index >= 15 is 0 Å². The van der Waals surface area contributed by atoms with Gasteiger partial charge in [0.25, 0.3) is 5.91 Å². The van der Waals surface area contributed by atoms with Crippen LogP contribution in [0.4, 0.5) is 5.82 Å². The molecule has 0 fully saturated rings. The van der Waals surface area contributed by atoms with Gasteiger partial charge >= 0.3 is 0 Å². The maximum Gasteiger partial charge on any atom is 0.255 e. The first-order valence-corrected chi connectivity index (χ1v) is 6.25. The highest BCUT2D eigenvalue weighted by Crippen LogP contribution is 2.10. The summed E-state index contributed by atoms with van der Waals surface area (Å²) in [4.78, 5) is 18.1. The molecule has 0 radical (unpaired) electrons. The minimum Gasteiger partial charge on any atom is -0.384 e. The van der Waals surface area contributed by atoms with Crippen molar-refractivity contribution in [1.82, 2.24) is 9.88 Å². The van der Waals surface area contributed by atoms with Gasteiger partial charge in [0.2, 0.25) is 0 Å². The molecule has 98 valence electrons. The van der Waals surface area contributed by atoms with E-state index in [-0.39, 0.29) is 5.91 Å². The molecular formula is C15H17N3O. The summed E-state index contributed by atoms with van der Waals surface area (Å²) in [5, 5.41) is 0. The molecular weight excluding hydrogens is 238 g/mol. The summed E-state index contributed by atoms with van der Waals surface area (Å²) in [5.41, 5.74) is 7.20. The Morgan fingerprint density at radius 2 is 1.95 bits per heavy atom. The van der Waals surface area contributed by atoms with Crippen molar-refractivity contribution in [2.24, 2.45) is 0 Å². The fraction of sp³-hybridized carbons (Fsp3) is 0.200. The number of amides is 1. The maximum absolute atomic E-state index is 12.3. The number of hydrogen-bond donors (Lipinski definition) is 1. The summed E-state index contributed by atoms with van der Waals surface area (Å²) in [6, 6.07) is 13.3. The zero-order valence-corrected chi connectivity index (χ0v) is 10.9. The highest BCUT2D eigenvalue weighted by Gasteiger charge is 2.14. The van der Waals surface area contributed by atoms with E-state index in [9.17, 15) is 4.79 Å². The number of nitrogens with two attached hydrogens (primary N) is 1. The predicted molar refractivity (Wildman–Crippen MR) is 75.5 cm³/mol. The Kier molecular flexibility index (Phi) is 4.13. The fourth-order valence-electron chi connectivity index (χ4n) is 1.85. The number of rotatable bonds is 4. The van der Waals surface area contributed by atoms with Gasteiger partial charge in [0.05, 0.1) is 5.56 Å². The average Bonchev–Trinajstić information content (AvgIpc) is 2.46. The van der Waals surface area contributed by atoms with Crippen molar-refractivity contribution in [3.8, 4) is 0 Å². The number of hydrogen-bond acceptors (Lipinski definition) is 3. The first kappa shape index (κ1) is 13.1. The van der Waals surface area contributed by atoms with Gasteiger partial charge in [-0.3, -0.25) is 4.79 Å². The van der Waals surface area contributed by atoms with E-state index in [4.69, 9.17) is 5.73 Å². The molecule has 0 spiro atoms. The maximum atomic E-state index is 12.3. The first-order chi connectivity index (χ1) is 9.20. The molecule has 2 N–H and O–H groups in total. The molecule has 2 aromatic rings. The fourth-order valence-corrected chi connectivity index (χ4v) is 1.85. The van der Waals surface area contributed by atoms with Crippen LogP contribution in [0.15, 0.2) is 48.7 Å². The molecule has 1 amide bonds. The number of nitrogens with zero attached hydrogens (tertiary/aromatic N) is 2. The van der Waals surface area contributed by atoms with Crippen LogP contribution in [0.1, 0.15) is 22.8 Å². The van der Waals surface area contributed by atoms with E-state index in [1.165, 1.54) is 6.20 Å². The minimum absolute atomic E-state index is 0.0288. The zero-order valence-electron chi connectivity index (χ0n) is 10.9. The molecule has 4 heteroatoms. The third kappa shape index (κ3) is 3.31. The van der Waals surface area contributed by atoms with Gasteiger partial charge in [-0.15, -0.1) is 0 Å². The number of carbonyl (C=O) groups excluding carboxylic acids is 1. The summed E-state index contributed by atoms with van der Waals surface area (Å²) in [7, 11) is 0. The highest BCUT2D eigenvalue weighted by molar-refractivity contribution is 5.94. The van der Waals surface area contributed by atoms with Gasteiger partial charge in [-0.1, -0.05) is 30.3 Å². The van der Waals surface area contributed by atoms with Crippen molar-refractivity contribution in [3.05, 3.63) is 59.8 Å². The van der Waals surface area contributed by atoms with Gasteiger partial charge in [0.15, 0.2) is 0 Å². The molecule has 1 heterocycles. The van der Waals surface area contributed by atoms with Crippen LogP contribution in [0, 0.1) is 0 Å². The number of carbonyl (C=O) groups is 1. The van der Waals surface area contributed by atoms with Gasteiger partial charge in [-0.05, 0) is 24.6 Å². The number of anilines is 1. The quantitative estimate of drug-likeness (QED) is 0.912. The van der Waals surface area contributed by atoms with Crippen molar-refractivity contribution in [1.29, 1.82) is 0 Å². The van der Waals surface area contributed by atoms with Crippen molar-refractivity contribution in [3.63, 3.8) is 0 Å². The van der Waals surface area contributed by atoms with Crippen molar-refractivity contribution in [2.75, 3.05) is 12.3 Å². The van der Waals surface area contributed by atoms with Crippen molar-refractivity contribution >= 4 is 11.7 Å². The highest BCUT2D eigenvalue weighted by atomic mass is 16.2. The standard InChI is InChI=1S/C15H17N3O/c1-2-18(11-12-6-4-3-5-7-12)15(19)13-8-9-14(16)17-10-13/h3-10H,2,11H2,1H3,(H2,16,17). The second-order valence-electron chi connectivity index (χ2n) is 4.28. The van der Waals surface area contributed by atoms with Gasteiger partial charge < -0.3 is 10.6 Å². The minimum atomic E-state index is -0.0288. The lowest BCUT2D eigenvalue weighted by Gasteiger charge is -2.21. The SMILES string of the molecule is CCN(Cc1ccccc1)C(=O)c1ccc(N)nc1. The molecule has 0 aliphatic carbocycles. The van der Waals surface area contributed by atoms with Gasteiger partial charge in [-0.25, -0.2) is 4.98 Å². The summed E-state index contributed by atoms with van der Waals surface area (Å²) in [6.45, 7) is 3.21. The summed E-state index contributed by atoms with van der Waals surface area (Å²) in [5.74, 6) is 0.390. The Morgan fingerprint density at radius 3 is 2.53 bits per heavy atom. The molecule has 2 rings (SSSR count). The summed E-state index contributed by atoms with van der Waals surface area (Å²) < 4.78 is 0. The van der Waals surface area contributed by atoms with E-state index in [1.807, 2.05) is 37.3 Å². The van der Waals surface area contributed by atoms with Crippen LogP contribution in [-0.2, 0) is 6.54 Å². The average molecular weight is 255 g/mol. The van der Waals surface area contributed by atoms with Crippen LogP contribution in [0.3, 0.4) is 0 Å².